The second-order valence-electron chi connectivity index (χ2n) is 4.75. The fourth-order valence-corrected chi connectivity index (χ4v) is 2.60. The average Bonchev–Trinajstić information content (AvgIpc) is 2.60. The van der Waals surface area contributed by atoms with Gasteiger partial charge in [0.25, 0.3) is 0 Å². The third-order valence-electron chi connectivity index (χ3n) is 3.51. The molecule has 3 nitrogen and oxygen atoms in total. The Bertz CT molecular complexity index is 379. The topological polar surface area (TPSA) is 29.9 Å². The molecular formula is C14H23N3. The molecule has 1 aliphatic carbocycles. The van der Waals surface area contributed by atoms with Crippen LogP contribution in [0.4, 0.5) is 0 Å². The molecular weight excluding hydrogens is 210 g/mol. The number of allylic oxidation sites excluding steroid dienone is 1. The van der Waals surface area contributed by atoms with Gasteiger partial charge in [-0.25, -0.2) is 0 Å². The molecule has 2 rings (SSSR count). The second kappa shape index (κ2) is 6.01. The van der Waals surface area contributed by atoms with E-state index in [9.17, 15) is 0 Å². The van der Waals surface area contributed by atoms with Gasteiger partial charge in [-0.2, -0.15) is 5.10 Å². The first-order valence-corrected chi connectivity index (χ1v) is 6.73. The number of aryl methyl sites for hydroxylation is 1. The normalized spacial score (nSPS) is 18.6. The molecule has 0 fully saturated rings. The molecule has 17 heavy (non-hydrogen) atoms. The second-order valence-corrected chi connectivity index (χ2v) is 4.75. The zero-order valence-electron chi connectivity index (χ0n) is 10.9. The Morgan fingerprint density at radius 3 is 3.00 bits per heavy atom. The lowest BCUT2D eigenvalue weighted by molar-refractivity contribution is 0.545. The van der Waals surface area contributed by atoms with E-state index in [-0.39, 0.29) is 0 Å². The number of nitrogens with one attached hydrogen (secondary N) is 1. The van der Waals surface area contributed by atoms with Crippen LogP contribution >= 0.6 is 0 Å². The summed E-state index contributed by atoms with van der Waals surface area (Å²) in [7, 11) is 2.02. The van der Waals surface area contributed by atoms with Gasteiger partial charge in [0.1, 0.15) is 0 Å². The lowest BCUT2D eigenvalue weighted by atomic mass is 9.99. The molecule has 1 aromatic rings. The Morgan fingerprint density at radius 1 is 1.41 bits per heavy atom. The lowest BCUT2D eigenvalue weighted by Crippen LogP contribution is -2.25. The summed E-state index contributed by atoms with van der Waals surface area (Å²) in [4.78, 5) is 0. The minimum atomic E-state index is 0.352. The molecule has 1 atom stereocenters. The van der Waals surface area contributed by atoms with Crippen molar-refractivity contribution in [2.75, 3.05) is 6.54 Å². The Hall–Kier alpha value is -1.09. The highest BCUT2D eigenvalue weighted by molar-refractivity contribution is 5.22. The molecule has 3 heteroatoms. The highest BCUT2D eigenvalue weighted by atomic mass is 15.3. The summed E-state index contributed by atoms with van der Waals surface area (Å²) in [6, 6.07) is 2.48. The van der Waals surface area contributed by atoms with Gasteiger partial charge >= 0.3 is 0 Å². The van der Waals surface area contributed by atoms with E-state index in [1.165, 1.54) is 37.8 Å². The molecule has 1 N–H and O–H groups in total. The number of aromatic nitrogens is 2. The first-order chi connectivity index (χ1) is 8.33. The molecule has 0 saturated carbocycles. The van der Waals surface area contributed by atoms with Crippen molar-refractivity contribution >= 4 is 0 Å². The molecule has 1 aliphatic rings. The van der Waals surface area contributed by atoms with Gasteiger partial charge in [0.15, 0.2) is 0 Å². The van der Waals surface area contributed by atoms with Crippen molar-refractivity contribution in [3.05, 3.63) is 29.6 Å². The summed E-state index contributed by atoms with van der Waals surface area (Å²) < 4.78 is 1.99. The van der Waals surface area contributed by atoms with Crippen LogP contribution in [-0.2, 0) is 7.05 Å². The third kappa shape index (κ3) is 2.97. The summed E-state index contributed by atoms with van der Waals surface area (Å²) in [5.74, 6) is 0. The molecule has 1 aromatic heterocycles. The maximum Gasteiger partial charge on any atom is 0.0707 e. The fraction of sp³-hybridized carbons (Fsp3) is 0.643. The van der Waals surface area contributed by atoms with E-state index in [0.29, 0.717) is 6.04 Å². The number of rotatable bonds is 4. The maximum atomic E-state index is 4.29. The summed E-state index contributed by atoms with van der Waals surface area (Å²) in [6.07, 6.45) is 10.8. The number of hydrogen-bond donors (Lipinski definition) is 1. The van der Waals surface area contributed by atoms with Gasteiger partial charge in [-0.05, 0) is 38.3 Å². The van der Waals surface area contributed by atoms with Crippen LogP contribution < -0.4 is 5.32 Å². The summed E-state index contributed by atoms with van der Waals surface area (Å²) in [5, 5.41) is 7.88. The highest BCUT2D eigenvalue weighted by Crippen LogP contribution is 2.28. The lowest BCUT2D eigenvalue weighted by Gasteiger charge is -2.21. The molecule has 0 radical (unpaired) electrons. The first kappa shape index (κ1) is 12.4. The van der Waals surface area contributed by atoms with Gasteiger partial charge in [-0.3, -0.25) is 4.68 Å². The molecule has 0 aliphatic heterocycles. The first-order valence-electron chi connectivity index (χ1n) is 6.73. The van der Waals surface area contributed by atoms with Gasteiger partial charge in [0, 0.05) is 13.2 Å². The predicted octanol–water partition coefficient (Wildman–Crippen LogP) is 2.96. The average molecular weight is 233 g/mol. The van der Waals surface area contributed by atoms with Crippen LogP contribution in [-0.4, -0.2) is 16.3 Å². The van der Waals surface area contributed by atoms with Gasteiger partial charge < -0.3 is 5.32 Å². The van der Waals surface area contributed by atoms with Crippen molar-refractivity contribution in [1.82, 2.24) is 15.1 Å². The van der Waals surface area contributed by atoms with Crippen LogP contribution in [0.2, 0.25) is 0 Å². The monoisotopic (exact) mass is 233 g/mol. The predicted molar refractivity (Wildman–Crippen MR) is 70.8 cm³/mol. The molecule has 1 unspecified atom stereocenters. The quantitative estimate of drug-likeness (QED) is 0.810. The van der Waals surface area contributed by atoms with Crippen molar-refractivity contribution in [1.29, 1.82) is 0 Å². The molecule has 0 spiro atoms. The molecule has 94 valence electrons. The van der Waals surface area contributed by atoms with Crippen LogP contribution in [0.5, 0.6) is 0 Å². The van der Waals surface area contributed by atoms with E-state index >= 15 is 0 Å². The Morgan fingerprint density at radius 2 is 2.29 bits per heavy atom. The van der Waals surface area contributed by atoms with Crippen LogP contribution in [0.1, 0.15) is 50.8 Å². The maximum absolute atomic E-state index is 4.29. The van der Waals surface area contributed by atoms with Crippen LogP contribution in [0.25, 0.3) is 0 Å². The van der Waals surface area contributed by atoms with Crippen molar-refractivity contribution in [3.8, 4) is 0 Å². The van der Waals surface area contributed by atoms with E-state index in [1.54, 1.807) is 5.57 Å². The SMILES string of the molecule is CCNC(C1=CCCCCC1)c1ccnn1C. The third-order valence-corrected chi connectivity index (χ3v) is 3.51. The van der Waals surface area contributed by atoms with Crippen molar-refractivity contribution in [3.63, 3.8) is 0 Å². The Labute approximate surface area is 104 Å². The standard InChI is InChI=1S/C14H23N3/c1-3-15-14(13-10-11-16-17(13)2)12-8-6-4-5-7-9-12/h8,10-11,14-15H,3-7,9H2,1-2H3. The fourth-order valence-electron chi connectivity index (χ4n) is 2.60. The summed E-state index contributed by atoms with van der Waals surface area (Å²) in [5.41, 5.74) is 2.83. The molecule has 0 saturated heterocycles. The van der Waals surface area contributed by atoms with Gasteiger partial charge in [-0.1, -0.05) is 25.0 Å². The van der Waals surface area contributed by atoms with E-state index in [0.717, 1.165) is 6.54 Å². The molecule has 0 amide bonds. The Balaban J connectivity index is 2.22. The van der Waals surface area contributed by atoms with E-state index in [1.807, 2.05) is 17.9 Å². The van der Waals surface area contributed by atoms with Gasteiger partial charge in [-0.15, -0.1) is 0 Å². The largest absolute Gasteiger partial charge is 0.306 e. The van der Waals surface area contributed by atoms with E-state index in [2.05, 4.69) is 29.5 Å². The van der Waals surface area contributed by atoms with Crippen LogP contribution in [0.15, 0.2) is 23.9 Å². The number of nitrogens with zero attached hydrogens (tertiary/aromatic N) is 2. The minimum Gasteiger partial charge on any atom is -0.306 e. The van der Waals surface area contributed by atoms with Gasteiger partial charge in [0.05, 0.1) is 11.7 Å². The van der Waals surface area contributed by atoms with Crippen LogP contribution in [0.3, 0.4) is 0 Å². The zero-order valence-corrected chi connectivity index (χ0v) is 10.9. The van der Waals surface area contributed by atoms with Crippen molar-refractivity contribution in [2.24, 2.45) is 7.05 Å². The van der Waals surface area contributed by atoms with Gasteiger partial charge in [0.2, 0.25) is 0 Å². The van der Waals surface area contributed by atoms with E-state index < -0.39 is 0 Å². The number of hydrogen-bond acceptors (Lipinski definition) is 2. The zero-order chi connectivity index (χ0) is 12.1. The molecule has 1 heterocycles. The molecule has 0 aromatic carbocycles. The minimum absolute atomic E-state index is 0.352. The van der Waals surface area contributed by atoms with Crippen LogP contribution in [0, 0.1) is 0 Å². The summed E-state index contributed by atoms with van der Waals surface area (Å²) >= 11 is 0. The highest BCUT2D eigenvalue weighted by Gasteiger charge is 2.19. The molecule has 0 bridgehead atoms. The van der Waals surface area contributed by atoms with Crippen molar-refractivity contribution in [2.45, 2.75) is 45.1 Å². The Kier molecular flexibility index (Phi) is 4.37. The smallest absolute Gasteiger partial charge is 0.0707 e. The number of likely N-dealkylation sites (N-methyl/N-ethyl adjacent to an activating group) is 1. The van der Waals surface area contributed by atoms with Crippen molar-refractivity contribution < 1.29 is 0 Å². The van der Waals surface area contributed by atoms with E-state index in [4.69, 9.17) is 0 Å². The summed E-state index contributed by atoms with van der Waals surface area (Å²) in [6.45, 7) is 3.16.